The second kappa shape index (κ2) is 6.70. The van der Waals surface area contributed by atoms with E-state index in [0.717, 1.165) is 5.57 Å². The van der Waals surface area contributed by atoms with Gasteiger partial charge in [0, 0.05) is 26.1 Å². The summed E-state index contributed by atoms with van der Waals surface area (Å²) >= 11 is 0. The molecule has 6 nitrogen and oxygen atoms in total. The van der Waals surface area contributed by atoms with E-state index < -0.39 is 11.5 Å². The quantitative estimate of drug-likeness (QED) is 0.857. The number of amides is 1. The molecule has 1 aliphatic heterocycles. The molecule has 0 radical (unpaired) electrons. The maximum absolute atomic E-state index is 14.0. The van der Waals surface area contributed by atoms with Gasteiger partial charge in [0.25, 0.3) is 0 Å². The molecule has 0 N–H and O–H groups in total. The summed E-state index contributed by atoms with van der Waals surface area (Å²) in [5.41, 5.74) is 0.716. The van der Waals surface area contributed by atoms with Crippen molar-refractivity contribution in [2.24, 2.45) is 5.92 Å². The zero-order valence-electron chi connectivity index (χ0n) is 14.3. The van der Waals surface area contributed by atoms with E-state index >= 15 is 0 Å². The summed E-state index contributed by atoms with van der Waals surface area (Å²) in [7, 11) is 1.55. The van der Waals surface area contributed by atoms with Gasteiger partial charge in [-0.25, -0.2) is 9.78 Å². The van der Waals surface area contributed by atoms with Crippen molar-refractivity contribution in [3.63, 3.8) is 0 Å². The Hall–Kier alpha value is -1.89. The van der Waals surface area contributed by atoms with Crippen LogP contribution in [-0.2, 0) is 16.2 Å². The Morgan fingerprint density at radius 1 is 1.48 bits per heavy atom. The molecule has 0 spiro atoms. The summed E-state index contributed by atoms with van der Waals surface area (Å²) < 4.78 is 26.1. The number of aromatic nitrogens is 2. The molecule has 2 heterocycles. The second-order valence-corrected chi connectivity index (χ2v) is 6.72. The van der Waals surface area contributed by atoms with Crippen LogP contribution in [0.15, 0.2) is 12.4 Å². The zero-order valence-corrected chi connectivity index (χ0v) is 14.3. The predicted molar refractivity (Wildman–Crippen MR) is 84.1 cm³/mol. The van der Waals surface area contributed by atoms with Crippen LogP contribution in [0.2, 0.25) is 0 Å². The zero-order chi connectivity index (χ0) is 17.2. The molecule has 128 valence electrons. The smallest absolute Gasteiger partial charge is 0.410 e. The first kappa shape index (κ1) is 17.5. The van der Waals surface area contributed by atoms with Crippen molar-refractivity contribution in [3.8, 4) is 0 Å². The highest BCUT2D eigenvalue weighted by atomic mass is 19.1. The Balaban J connectivity index is 2.18. The molecular weight excluding hydrogens is 301 g/mol. The van der Waals surface area contributed by atoms with Gasteiger partial charge in [0.2, 0.25) is 5.95 Å². The molecule has 7 heteroatoms. The first-order valence-electron chi connectivity index (χ1n) is 7.61. The topological polar surface area (TPSA) is 56.6 Å². The van der Waals surface area contributed by atoms with Crippen molar-refractivity contribution in [1.82, 2.24) is 14.5 Å². The number of hydrogen-bond donors (Lipinski definition) is 0. The van der Waals surface area contributed by atoms with Crippen molar-refractivity contribution in [2.75, 3.05) is 20.2 Å². The number of imidazole rings is 1. The first-order chi connectivity index (χ1) is 10.7. The van der Waals surface area contributed by atoms with E-state index in [1.165, 1.54) is 6.33 Å². The molecule has 1 atom stereocenters. The molecule has 0 fully saturated rings. The second-order valence-electron chi connectivity index (χ2n) is 6.72. The van der Waals surface area contributed by atoms with Gasteiger partial charge in [0.05, 0.1) is 0 Å². The minimum Gasteiger partial charge on any atom is -0.444 e. The van der Waals surface area contributed by atoms with E-state index in [2.05, 4.69) is 4.98 Å². The summed E-state index contributed by atoms with van der Waals surface area (Å²) in [5, 5.41) is 0. The van der Waals surface area contributed by atoms with Gasteiger partial charge in [-0.2, -0.15) is 4.39 Å². The number of rotatable bonds is 3. The number of ether oxygens (including phenoxy) is 2. The fraction of sp³-hybridized carbons (Fsp3) is 0.625. The standard InChI is InChI=1S/C16H24FN3O3/c1-11-8-19(15(21)23-16(2,3)4)7-6-12(11)13-14(17)18-9-20(13)10-22-5/h6,9,11H,7-8,10H2,1-5H3. The lowest BCUT2D eigenvalue weighted by Crippen LogP contribution is -2.41. The van der Waals surface area contributed by atoms with E-state index in [-0.39, 0.29) is 18.7 Å². The van der Waals surface area contributed by atoms with Crippen LogP contribution >= 0.6 is 0 Å². The number of carbonyl (C=O) groups excluding carboxylic acids is 1. The molecule has 0 aliphatic carbocycles. The minimum absolute atomic E-state index is 0.0296. The minimum atomic E-state index is -0.534. The monoisotopic (exact) mass is 325 g/mol. The summed E-state index contributed by atoms with van der Waals surface area (Å²) in [5.74, 6) is -0.552. The van der Waals surface area contributed by atoms with Crippen molar-refractivity contribution in [3.05, 3.63) is 24.0 Å². The van der Waals surface area contributed by atoms with Gasteiger partial charge < -0.3 is 18.9 Å². The van der Waals surface area contributed by atoms with E-state index in [4.69, 9.17) is 9.47 Å². The lowest BCUT2D eigenvalue weighted by atomic mass is 9.94. The molecule has 1 aromatic heterocycles. The SMILES string of the molecule is COCn1cnc(F)c1C1=CCN(C(=O)OC(C)(C)C)CC1C. The van der Waals surface area contributed by atoms with Crippen LogP contribution in [0, 0.1) is 11.9 Å². The number of nitrogens with zero attached hydrogens (tertiary/aromatic N) is 3. The van der Waals surface area contributed by atoms with Gasteiger partial charge in [-0.15, -0.1) is 0 Å². The molecule has 0 saturated carbocycles. The average molecular weight is 325 g/mol. The van der Waals surface area contributed by atoms with Crippen LogP contribution in [0.5, 0.6) is 0 Å². The van der Waals surface area contributed by atoms with Crippen molar-refractivity contribution >= 4 is 11.7 Å². The molecule has 2 rings (SSSR count). The summed E-state index contributed by atoms with van der Waals surface area (Å²) in [6, 6.07) is 0. The van der Waals surface area contributed by atoms with Crippen molar-refractivity contribution in [1.29, 1.82) is 0 Å². The third kappa shape index (κ3) is 4.10. The fourth-order valence-electron chi connectivity index (χ4n) is 2.60. The van der Waals surface area contributed by atoms with Crippen molar-refractivity contribution in [2.45, 2.75) is 40.0 Å². The summed E-state index contributed by atoms with van der Waals surface area (Å²) in [6.07, 6.45) is 2.91. The largest absolute Gasteiger partial charge is 0.444 e. The van der Waals surface area contributed by atoms with E-state index in [9.17, 15) is 9.18 Å². The highest BCUT2D eigenvalue weighted by molar-refractivity contribution is 5.72. The predicted octanol–water partition coefficient (Wildman–Crippen LogP) is 2.90. The number of carbonyl (C=O) groups is 1. The Bertz CT molecular complexity index is 604. The van der Waals surface area contributed by atoms with Crippen molar-refractivity contribution < 1.29 is 18.7 Å². The van der Waals surface area contributed by atoms with Gasteiger partial charge in [0.15, 0.2) is 0 Å². The molecule has 1 aromatic rings. The van der Waals surface area contributed by atoms with Gasteiger partial charge >= 0.3 is 6.09 Å². The van der Waals surface area contributed by atoms with Gasteiger partial charge in [-0.05, 0) is 26.3 Å². The van der Waals surface area contributed by atoms with Gasteiger partial charge in [-0.1, -0.05) is 13.0 Å². The van der Waals surface area contributed by atoms with E-state index in [1.807, 2.05) is 33.8 Å². The Labute approximate surface area is 135 Å². The Morgan fingerprint density at radius 3 is 2.74 bits per heavy atom. The number of hydrogen-bond acceptors (Lipinski definition) is 4. The highest BCUT2D eigenvalue weighted by Gasteiger charge is 2.29. The van der Waals surface area contributed by atoms with E-state index in [0.29, 0.717) is 18.8 Å². The molecule has 1 unspecified atom stereocenters. The number of halogens is 1. The van der Waals surface area contributed by atoms with Crippen LogP contribution in [0.4, 0.5) is 9.18 Å². The molecule has 1 amide bonds. The molecular formula is C16H24FN3O3. The van der Waals surface area contributed by atoms with Crippen LogP contribution in [0.25, 0.3) is 5.57 Å². The van der Waals surface area contributed by atoms with Crippen LogP contribution in [0.3, 0.4) is 0 Å². The lowest BCUT2D eigenvalue weighted by molar-refractivity contribution is 0.0251. The molecule has 23 heavy (non-hydrogen) atoms. The lowest BCUT2D eigenvalue weighted by Gasteiger charge is -2.33. The Morgan fingerprint density at radius 2 is 2.17 bits per heavy atom. The first-order valence-corrected chi connectivity index (χ1v) is 7.61. The highest BCUT2D eigenvalue weighted by Crippen LogP contribution is 2.30. The Kier molecular flexibility index (Phi) is 5.09. The summed E-state index contributed by atoms with van der Waals surface area (Å²) in [6.45, 7) is 8.53. The fourth-order valence-corrected chi connectivity index (χ4v) is 2.60. The van der Waals surface area contributed by atoms with Gasteiger partial charge in [0.1, 0.15) is 24.4 Å². The molecule has 0 saturated heterocycles. The van der Waals surface area contributed by atoms with Crippen LogP contribution in [0.1, 0.15) is 33.4 Å². The normalized spacial score (nSPS) is 18.8. The third-order valence-corrected chi connectivity index (χ3v) is 3.54. The molecule has 1 aliphatic rings. The molecule has 0 bridgehead atoms. The van der Waals surface area contributed by atoms with Crippen LogP contribution in [-0.4, -0.2) is 46.3 Å². The number of methoxy groups -OCH3 is 1. The maximum atomic E-state index is 14.0. The van der Waals surface area contributed by atoms with E-state index in [1.54, 1.807) is 16.6 Å². The van der Waals surface area contributed by atoms with Gasteiger partial charge in [-0.3, -0.25) is 0 Å². The third-order valence-electron chi connectivity index (χ3n) is 3.54. The van der Waals surface area contributed by atoms with Crippen LogP contribution < -0.4 is 0 Å². The summed E-state index contributed by atoms with van der Waals surface area (Å²) in [4.78, 5) is 17.5. The average Bonchev–Trinajstić information content (AvgIpc) is 2.78. The molecule has 0 aromatic carbocycles. The maximum Gasteiger partial charge on any atom is 0.410 e.